The Balaban J connectivity index is 0. The van der Waals surface area contributed by atoms with E-state index in [1.807, 2.05) is 0 Å². The van der Waals surface area contributed by atoms with Gasteiger partial charge >= 0.3 is 0 Å². The second-order valence-electron chi connectivity index (χ2n) is 4.71. The predicted molar refractivity (Wildman–Crippen MR) is 72.9 cm³/mol. The SMILES string of the molecule is C[C@H](O)[C@H](O)[C@@H](O)[C@@H](O)C=O.O=C[C@H](O)[C@@H](O)[C@H](O)[C@H](O)CO. The summed E-state index contributed by atoms with van der Waals surface area (Å²) >= 11 is 0. The minimum absolute atomic E-state index is 0.0258. The highest BCUT2D eigenvalue weighted by Crippen LogP contribution is 2.03. The van der Waals surface area contributed by atoms with Gasteiger partial charge in [-0.25, -0.2) is 0 Å². The third kappa shape index (κ3) is 9.00. The Morgan fingerprint density at radius 1 is 0.696 bits per heavy atom. The molecule has 138 valence electrons. The van der Waals surface area contributed by atoms with E-state index in [0.717, 1.165) is 0 Å². The fraction of sp³-hybridized carbons (Fsp3) is 0.833. The lowest BCUT2D eigenvalue weighted by atomic mass is 10.0. The van der Waals surface area contributed by atoms with Gasteiger partial charge in [0, 0.05) is 0 Å². The summed E-state index contributed by atoms with van der Waals surface area (Å²) in [5.41, 5.74) is 0. The minimum atomic E-state index is -1.79. The van der Waals surface area contributed by atoms with Crippen molar-refractivity contribution in [2.24, 2.45) is 0 Å². The molecule has 0 rings (SSSR count). The summed E-state index contributed by atoms with van der Waals surface area (Å²) in [6, 6.07) is 0. The maximum atomic E-state index is 9.90. The van der Waals surface area contributed by atoms with E-state index in [0.29, 0.717) is 0 Å². The summed E-state index contributed by atoms with van der Waals surface area (Å²) in [6.45, 7) is 0.481. The third-order valence-corrected chi connectivity index (χ3v) is 2.75. The molecule has 0 aromatic rings. The number of carbonyl (C=O) groups is 2. The number of carbonyl (C=O) groups excluding carboxylic acids is 2. The Kier molecular flexibility index (Phi) is 13.1. The summed E-state index contributed by atoms with van der Waals surface area (Å²) in [6.07, 6.45) is -12.7. The van der Waals surface area contributed by atoms with E-state index >= 15 is 0 Å². The summed E-state index contributed by atoms with van der Waals surface area (Å²) in [5, 5.41) is 78.6. The highest BCUT2D eigenvalue weighted by atomic mass is 16.4. The average Bonchev–Trinajstić information content (AvgIpc) is 2.56. The Hall–Kier alpha value is -1.02. The van der Waals surface area contributed by atoms with Gasteiger partial charge in [0.05, 0.1) is 12.7 Å². The van der Waals surface area contributed by atoms with E-state index in [4.69, 9.17) is 46.0 Å². The van der Waals surface area contributed by atoms with E-state index in [1.165, 1.54) is 6.92 Å². The zero-order chi connectivity index (χ0) is 18.7. The molecule has 0 heterocycles. The summed E-state index contributed by atoms with van der Waals surface area (Å²) in [5.74, 6) is 0. The predicted octanol–water partition coefficient (Wildman–Crippen LogP) is -5.73. The zero-order valence-electron chi connectivity index (χ0n) is 12.3. The van der Waals surface area contributed by atoms with Crippen molar-refractivity contribution < 1.29 is 55.5 Å². The molecule has 0 aromatic carbocycles. The third-order valence-electron chi connectivity index (χ3n) is 2.75. The molecule has 0 fully saturated rings. The second kappa shape index (κ2) is 12.4. The number of aliphatic hydroxyl groups excluding tert-OH is 9. The van der Waals surface area contributed by atoms with Crippen LogP contribution in [0.2, 0.25) is 0 Å². The van der Waals surface area contributed by atoms with Crippen LogP contribution in [-0.4, -0.2) is 114 Å². The Bertz CT molecular complexity index is 324. The van der Waals surface area contributed by atoms with E-state index in [-0.39, 0.29) is 12.6 Å². The van der Waals surface area contributed by atoms with Crippen molar-refractivity contribution in [2.45, 2.75) is 55.8 Å². The van der Waals surface area contributed by atoms with Crippen molar-refractivity contribution in [2.75, 3.05) is 6.61 Å². The van der Waals surface area contributed by atoms with Crippen molar-refractivity contribution >= 4 is 12.6 Å². The van der Waals surface area contributed by atoms with Gasteiger partial charge in [0.25, 0.3) is 0 Å². The van der Waals surface area contributed by atoms with Crippen molar-refractivity contribution in [3.05, 3.63) is 0 Å². The monoisotopic (exact) mass is 344 g/mol. The maximum Gasteiger partial charge on any atom is 0.151 e. The molecule has 0 aromatic heterocycles. The van der Waals surface area contributed by atoms with Gasteiger partial charge in [0.15, 0.2) is 12.6 Å². The lowest BCUT2D eigenvalue weighted by molar-refractivity contribution is -0.136. The van der Waals surface area contributed by atoms with Gasteiger partial charge in [0.1, 0.15) is 42.7 Å². The zero-order valence-corrected chi connectivity index (χ0v) is 12.3. The summed E-state index contributed by atoms with van der Waals surface area (Å²) in [7, 11) is 0. The van der Waals surface area contributed by atoms with Crippen molar-refractivity contribution in [1.82, 2.24) is 0 Å². The van der Waals surface area contributed by atoms with Gasteiger partial charge in [-0.15, -0.1) is 0 Å². The van der Waals surface area contributed by atoms with E-state index in [1.54, 1.807) is 0 Å². The van der Waals surface area contributed by atoms with Crippen LogP contribution < -0.4 is 0 Å². The molecule has 11 nitrogen and oxygen atoms in total. The van der Waals surface area contributed by atoms with Crippen molar-refractivity contribution in [1.29, 1.82) is 0 Å². The van der Waals surface area contributed by atoms with Crippen LogP contribution in [0.25, 0.3) is 0 Å². The van der Waals surface area contributed by atoms with Crippen LogP contribution in [0.1, 0.15) is 6.92 Å². The lowest BCUT2D eigenvalue weighted by Crippen LogP contribution is -2.46. The molecule has 8 atom stereocenters. The largest absolute Gasteiger partial charge is 0.394 e. The average molecular weight is 344 g/mol. The molecular formula is C12H24O11. The first kappa shape index (κ1) is 24.2. The number of hydrogen-bond acceptors (Lipinski definition) is 11. The lowest BCUT2D eigenvalue weighted by Gasteiger charge is -2.22. The number of aldehydes is 2. The van der Waals surface area contributed by atoms with Crippen LogP contribution >= 0.6 is 0 Å². The fourth-order valence-corrected chi connectivity index (χ4v) is 1.19. The Labute approximate surface area is 131 Å². The van der Waals surface area contributed by atoms with Crippen LogP contribution in [0.4, 0.5) is 0 Å². The standard InChI is InChI=1S/C6H12O6.C6H12O5/c7-1-3(9)5(11)6(12)4(10)2-8;1-3(8)5(10)6(11)4(9)2-7/h1,3-6,8-12H,2H2;2-6,8-11H,1H3/t3-,4+,5+,6+;3-,4-,5-,6-/m00/s1. The highest BCUT2D eigenvalue weighted by Gasteiger charge is 2.29. The molecule has 0 radical (unpaired) electrons. The highest BCUT2D eigenvalue weighted by molar-refractivity contribution is 5.57. The smallest absolute Gasteiger partial charge is 0.151 e. The molecular weight excluding hydrogens is 320 g/mol. The molecule has 9 N–H and O–H groups in total. The first-order chi connectivity index (χ1) is 10.5. The molecule has 0 aliphatic rings. The van der Waals surface area contributed by atoms with E-state index < -0.39 is 55.4 Å². The summed E-state index contributed by atoms with van der Waals surface area (Å²) < 4.78 is 0. The molecule has 0 amide bonds. The minimum Gasteiger partial charge on any atom is -0.394 e. The molecule has 0 unspecified atom stereocenters. The first-order valence-corrected chi connectivity index (χ1v) is 6.51. The van der Waals surface area contributed by atoms with Crippen LogP contribution in [0, 0.1) is 0 Å². The van der Waals surface area contributed by atoms with Crippen molar-refractivity contribution in [3.8, 4) is 0 Å². The van der Waals surface area contributed by atoms with E-state index in [2.05, 4.69) is 0 Å². The fourth-order valence-electron chi connectivity index (χ4n) is 1.19. The number of hydrogen-bond donors (Lipinski definition) is 9. The van der Waals surface area contributed by atoms with Gasteiger partial charge in [-0.3, -0.25) is 0 Å². The molecule has 0 bridgehead atoms. The maximum absolute atomic E-state index is 9.90. The number of rotatable bonds is 9. The molecule has 11 heteroatoms. The van der Waals surface area contributed by atoms with Crippen molar-refractivity contribution in [3.63, 3.8) is 0 Å². The molecule has 0 aliphatic carbocycles. The van der Waals surface area contributed by atoms with E-state index in [9.17, 15) is 9.59 Å². The molecule has 23 heavy (non-hydrogen) atoms. The van der Waals surface area contributed by atoms with Crippen LogP contribution in [0.5, 0.6) is 0 Å². The summed E-state index contributed by atoms with van der Waals surface area (Å²) in [4.78, 5) is 19.8. The van der Waals surface area contributed by atoms with Gasteiger partial charge in [-0.05, 0) is 6.92 Å². The van der Waals surface area contributed by atoms with Gasteiger partial charge < -0.3 is 55.5 Å². The molecule has 0 spiro atoms. The quantitative estimate of drug-likeness (QED) is 0.179. The van der Waals surface area contributed by atoms with Crippen LogP contribution in [-0.2, 0) is 9.59 Å². The molecule has 0 aliphatic heterocycles. The Morgan fingerprint density at radius 2 is 1.04 bits per heavy atom. The Morgan fingerprint density at radius 3 is 1.30 bits per heavy atom. The van der Waals surface area contributed by atoms with Gasteiger partial charge in [-0.1, -0.05) is 0 Å². The van der Waals surface area contributed by atoms with Gasteiger partial charge in [0.2, 0.25) is 0 Å². The normalized spacial score (nSPS) is 21.5. The first-order valence-electron chi connectivity index (χ1n) is 6.51. The molecule has 0 saturated heterocycles. The molecule has 0 saturated carbocycles. The second-order valence-corrected chi connectivity index (χ2v) is 4.71. The topological polar surface area (TPSA) is 216 Å². The van der Waals surface area contributed by atoms with Crippen LogP contribution in [0.3, 0.4) is 0 Å². The van der Waals surface area contributed by atoms with Gasteiger partial charge in [-0.2, -0.15) is 0 Å². The van der Waals surface area contributed by atoms with Crippen LogP contribution in [0.15, 0.2) is 0 Å². The number of aliphatic hydroxyl groups is 9.